The quantitative estimate of drug-likeness (QED) is 0.431. The van der Waals surface area contributed by atoms with E-state index in [2.05, 4.69) is 69.0 Å². The first-order valence-electron chi connectivity index (χ1n) is 10.4. The van der Waals surface area contributed by atoms with Crippen molar-refractivity contribution in [3.63, 3.8) is 0 Å². The Labute approximate surface area is 176 Å². The van der Waals surface area contributed by atoms with E-state index in [0.29, 0.717) is 11.1 Å². The van der Waals surface area contributed by atoms with Crippen LogP contribution in [0.25, 0.3) is 0 Å². The lowest BCUT2D eigenvalue weighted by Crippen LogP contribution is -2.34. The van der Waals surface area contributed by atoms with Crippen LogP contribution in [0, 0.1) is 17.2 Å². The first-order valence-corrected chi connectivity index (χ1v) is 10.8. The first-order chi connectivity index (χ1) is 13.4. The highest BCUT2D eigenvalue weighted by molar-refractivity contribution is 6.30. The summed E-state index contributed by atoms with van der Waals surface area (Å²) >= 11 is 6.07. The van der Waals surface area contributed by atoms with Crippen LogP contribution in [0.4, 0.5) is 0 Å². The van der Waals surface area contributed by atoms with Crippen LogP contribution >= 0.6 is 11.6 Å². The molecule has 0 radical (unpaired) electrons. The number of nitriles is 1. The number of rotatable bonds is 10. The Morgan fingerprint density at radius 3 is 2.18 bits per heavy atom. The molecule has 0 aliphatic heterocycles. The van der Waals surface area contributed by atoms with E-state index in [9.17, 15) is 5.26 Å². The van der Waals surface area contributed by atoms with Gasteiger partial charge in [-0.2, -0.15) is 5.26 Å². The summed E-state index contributed by atoms with van der Waals surface area (Å²) in [6.07, 6.45) is 2.97. The van der Waals surface area contributed by atoms with Crippen LogP contribution in [0.15, 0.2) is 54.6 Å². The van der Waals surface area contributed by atoms with Crippen LogP contribution < -0.4 is 0 Å². The fraction of sp³-hybridized carbons (Fsp3) is 0.480. The van der Waals surface area contributed by atoms with Crippen LogP contribution in [0.2, 0.25) is 5.02 Å². The topological polar surface area (TPSA) is 27.0 Å². The zero-order valence-electron chi connectivity index (χ0n) is 17.7. The van der Waals surface area contributed by atoms with Crippen LogP contribution in [-0.2, 0) is 5.41 Å². The maximum Gasteiger partial charge on any atom is 0.0845 e. The number of nitrogens with zero attached hydrogens (tertiary/aromatic N) is 2. The molecule has 0 saturated heterocycles. The SMILES string of the molecule is CCCN(CCCC(C#N)(c1ccc(Cl)cc1)C(C)C)C(C)c1ccccc1. The van der Waals surface area contributed by atoms with Crippen molar-refractivity contribution >= 4 is 11.6 Å². The Morgan fingerprint density at radius 1 is 1.00 bits per heavy atom. The van der Waals surface area contributed by atoms with Gasteiger partial charge in [0.1, 0.15) is 0 Å². The van der Waals surface area contributed by atoms with Gasteiger partial charge in [-0.25, -0.2) is 0 Å². The minimum absolute atomic E-state index is 0.241. The molecule has 2 unspecified atom stereocenters. The Morgan fingerprint density at radius 2 is 1.64 bits per heavy atom. The average molecular weight is 397 g/mol. The van der Waals surface area contributed by atoms with Crippen molar-refractivity contribution in [1.29, 1.82) is 5.26 Å². The van der Waals surface area contributed by atoms with E-state index in [1.807, 2.05) is 24.3 Å². The molecule has 2 atom stereocenters. The highest BCUT2D eigenvalue weighted by atomic mass is 35.5. The molecule has 28 heavy (non-hydrogen) atoms. The molecule has 0 aliphatic rings. The molecule has 0 fully saturated rings. The number of benzene rings is 2. The molecule has 0 heterocycles. The molecule has 0 amide bonds. The van der Waals surface area contributed by atoms with E-state index in [1.165, 1.54) is 5.56 Å². The smallest absolute Gasteiger partial charge is 0.0845 e. The van der Waals surface area contributed by atoms with Gasteiger partial charge in [-0.3, -0.25) is 4.90 Å². The van der Waals surface area contributed by atoms with Crippen LogP contribution in [0.5, 0.6) is 0 Å². The molecule has 2 rings (SSSR count). The van der Waals surface area contributed by atoms with Crippen molar-refractivity contribution in [2.75, 3.05) is 13.1 Å². The summed E-state index contributed by atoms with van der Waals surface area (Å²) in [6, 6.07) is 21.5. The highest BCUT2D eigenvalue weighted by Gasteiger charge is 2.35. The fourth-order valence-corrected chi connectivity index (χ4v) is 4.18. The Kier molecular flexibility index (Phi) is 8.55. The fourth-order valence-electron chi connectivity index (χ4n) is 4.05. The maximum atomic E-state index is 10.1. The van der Waals surface area contributed by atoms with E-state index in [-0.39, 0.29) is 5.92 Å². The molecule has 0 N–H and O–H groups in total. The summed E-state index contributed by atoms with van der Waals surface area (Å²) in [5.74, 6) is 0.241. The van der Waals surface area contributed by atoms with Crippen LogP contribution in [-0.4, -0.2) is 18.0 Å². The van der Waals surface area contributed by atoms with Gasteiger partial charge in [0.2, 0.25) is 0 Å². The molecule has 0 bridgehead atoms. The van der Waals surface area contributed by atoms with Gasteiger partial charge in [0, 0.05) is 11.1 Å². The maximum absolute atomic E-state index is 10.1. The standard InChI is InChI=1S/C25H33ClN2/c1-5-17-28(21(4)22-10-7-6-8-11-22)18-9-16-25(19-27,20(2)3)23-12-14-24(26)15-13-23/h6-8,10-15,20-21H,5,9,16-18H2,1-4H3. The molecule has 2 nitrogen and oxygen atoms in total. The molecular formula is C25H33ClN2. The molecule has 0 spiro atoms. The Balaban J connectivity index is 2.13. The van der Waals surface area contributed by atoms with Crippen molar-refractivity contribution in [3.8, 4) is 6.07 Å². The van der Waals surface area contributed by atoms with Gasteiger partial charge in [-0.05, 0) is 68.5 Å². The summed E-state index contributed by atoms with van der Waals surface area (Å²) in [5.41, 5.74) is 1.95. The van der Waals surface area contributed by atoms with Crippen LogP contribution in [0.1, 0.15) is 64.1 Å². The molecule has 2 aromatic rings. The van der Waals surface area contributed by atoms with Crippen molar-refractivity contribution < 1.29 is 0 Å². The molecule has 0 aromatic heterocycles. The normalized spacial score (nSPS) is 14.6. The predicted octanol–water partition coefficient (Wildman–Crippen LogP) is 7.01. The molecular weight excluding hydrogens is 364 g/mol. The van der Waals surface area contributed by atoms with Gasteiger partial charge in [0.05, 0.1) is 11.5 Å². The molecule has 0 saturated carbocycles. The van der Waals surface area contributed by atoms with E-state index in [4.69, 9.17) is 11.6 Å². The highest BCUT2D eigenvalue weighted by Crippen LogP contribution is 2.37. The minimum atomic E-state index is -0.474. The largest absolute Gasteiger partial charge is 0.297 e. The van der Waals surface area contributed by atoms with Crippen molar-refractivity contribution in [3.05, 3.63) is 70.7 Å². The Bertz CT molecular complexity index is 748. The van der Waals surface area contributed by atoms with Crippen molar-refractivity contribution in [2.24, 2.45) is 5.92 Å². The molecule has 2 aromatic carbocycles. The Hall–Kier alpha value is -1.82. The predicted molar refractivity (Wildman–Crippen MR) is 120 cm³/mol. The first kappa shape index (κ1) is 22.5. The summed E-state index contributed by atoms with van der Waals surface area (Å²) < 4.78 is 0. The zero-order chi connectivity index (χ0) is 20.6. The lowest BCUT2D eigenvalue weighted by Gasteiger charge is -2.34. The van der Waals surface area contributed by atoms with Gasteiger partial charge in [0.25, 0.3) is 0 Å². The minimum Gasteiger partial charge on any atom is -0.297 e. The number of hydrogen-bond acceptors (Lipinski definition) is 2. The lowest BCUT2D eigenvalue weighted by molar-refractivity contribution is 0.198. The van der Waals surface area contributed by atoms with Gasteiger partial charge in [-0.1, -0.05) is 74.8 Å². The van der Waals surface area contributed by atoms with Gasteiger partial charge in [0.15, 0.2) is 0 Å². The number of hydrogen-bond donors (Lipinski definition) is 0. The zero-order valence-corrected chi connectivity index (χ0v) is 18.4. The molecule has 3 heteroatoms. The van der Waals surface area contributed by atoms with Gasteiger partial charge < -0.3 is 0 Å². The van der Waals surface area contributed by atoms with E-state index in [0.717, 1.165) is 37.9 Å². The third-order valence-electron chi connectivity index (χ3n) is 5.90. The second-order valence-electron chi connectivity index (χ2n) is 7.97. The summed E-state index contributed by atoms with van der Waals surface area (Å²) in [5, 5.41) is 10.8. The second-order valence-corrected chi connectivity index (χ2v) is 8.41. The van der Waals surface area contributed by atoms with Crippen molar-refractivity contribution in [2.45, 2.75) is 58.4 Å². The van der Waals surface area contributed by atoms with Crippen molar-refractivity contribution in [1.82, 2.24) is 4.90 Å². The monoisotopic (exact) mass is 396 g/mol. The second kappa shape index (κ2) is 10.6. The summed E-state index contributed by atoms with van der Waals surface area (Å²) in [7, 11) is 0. The van der Waals surface area contributed by atoms with Crippen LogP contribution in [0.3, 0.4) is 0 Å². The summed E-state index contributed by atoms with van der Waals surface area (Å²) in [6.45, 7) is 10.9. The molecule has 150 valence electrons. The van der Waals surface area contributed by atoms with Gasteiger partial charge >= 0.3 is 0 Å². The molecule has 0 aliphatic carbocycles. The third-order valence-corrected chi connectivity index (χ3v) is 6.15. The van der Waals surface area contributed by atoms with E-state index in [1.54, 1.807) is 0 Å². The average Bonchev–Trinajstić information content (AvgIpc) is 2.71. The lowest BCUT2D eigenvalue weighted by atomic mass is 9.70. The van der Waals surface area contributed by atoms with E-state index < -0.39 is 5.41 Å². The number of halogens is 1. The van der Waals surface area contributed by atoms with E-state index >= 15 is 0 Å². The van der Waals surface area contributed by atoms with Gasteiger partial charge in [-0.15, -0.1) is 0 Å². The summed E-state index contributed by atoms with van der Waals surface area (Å²) in [4.78, 5) is 2.54. The third kappa shape index (κ3) is 5.37.